The molecular formula is C25H26N4O7. The molecule has 2 heterocycles. The van der Waals surface area contributed by atoms with Gasteiger partial charge in [0.25, 0.3) is 12.4 Å². The van der Waals surface area contributed by atoms with E-state index in [1.807, 2.05) is 12.1 Å². The second-order valence-corrected chi connectivity index (χ2v) is 8.71. The molecule has 1 saturated heterocycles. The first-order chi connectivity index (χ1) is 17.4. The number of nitriles is 1. The predicted octanol–water partition coefficient (Wildman–Crippen LogP) is 1.28. The number of cyclic esters (lactones) is 1. The number of hydrogen-bond donors (Lipinski definition) is 4. The van der Waals surface area contributed by atoms with Crippen LogP contribution in [0.1, 0.15) is 16.7 Å². The molecule has 3 aliphatic rings. The number of hydrogen-bond acceptors (Lipinski definition) is 8. The summed E-state index contributed by atoms with van der Waals surface area (Å²) in [6.45, 7) is 0.908. The minimum atomic E-state index is -0.863. The Bertz CT molecular complexity index is 1200. The first kappa shape index (κ1) is 25.0. The van der Waals surface area contributed by atoms with Crippen LogP contribution in [0.25, 0.3) is 0 Å². The lowest BCUT2D eigenvalue weighted by Gasteiger charge is -2.21. The number of amides is 2. The molecule has 2 aliphatic heterocycles. The van der Waals surface area contributed by atoms with Gasteiger partial charge in [-0.25, -0.2) is 4.79 Å². The number of benzene rings is 2. The highest BCUT2D eigenvalue weighted by Gasteiger charge is 2.37. The molecule has 0 aromatic heterocycles. The highest BCUT2D eigenvalue weighted by Crippen LogP contribution is 2.34. The lowest BCUT2D eigenvalue weighted by Crippen LogP contribution is -2.40. The third kappa shape index (κ3) is 5.40. The first-order valence-corrected chi connectivity index (χ1v) is 11.5. The quantitative estimate of drug-likeness (QED) is 0.434. The Labute approximate surface area is 207 Å². The maximum atomic E-state index is 12.4. The van der Waals surface area contributed by atoms with Crippen LogP contribution in [-0.2, 0) is 27.2 Å². The normalized spacial score (nSPS) is 20.5. The van der Waals surface area contributed by atoms with Gasteiger partial charge in [-0.3, -0.25) is 14.5 Å². The molecule has 1 fully saturated rings. The van der Waals surface area contributed by atoms with Crippen molar-refractivity contribution in [3.8, 4) is 11.8 Å². The number of anilines is 2. The predicted molar refractivity (Wildman–Crippen MR) is 128 cm³/mol. The van der Waals surface area contributed by atoms with Crippen molar-refractivity contribution in [2.24, 2.45) is 5.92 Å². The van der Waals surface area contributed by atoms with Crippen molar-refractivity contribution in [3.63, 3.8) is 0 Å². The number of fused-ring (bicyclic) bond motifs is 2. The smallest absolute Gasteiger partial charge is 0.414 e. The van der Waals surface area contributed by atoms with Crippen LogP contribution in [0.15, 0.2) is 36.4 Å². The van der Waals surface area contributed by atoms with Gasteiger partial charge in [0.15, 0.2) is 6.61 Å². The minimum absolute atomic E-state index is 0.0359. The van der Waals surface area contributed by atoms with Crippen LogP contribution < -0.4 is 20.3 Å². The molecule has 2 aromatic rings. The van der Waals surface area contributed by atoms with Gasteiger partial charge in [-0.1, -0.05) is 12.1 Å². The second kappa shape index (κ2) is 11.1. The number of nitrogens with zero attached hydrogens (tertiary/aromatic N) is 2. The van der Waals surface area contributed by atoms with Gasteiger partial charge in [0.05, 0.1) is 23.9 Å². The molecule has 5 rings (SSSR count). The van der Waals surface area contributed by atoms with Gasteiger partial charge >= 0.3 is 6.09 Å². The maximum Gasteiger partial charge on any atom is 0.414 e. The summed E-state index contributed by atoms with van der Waals surface area (Å²) in [5.74, 6) is 0.650. The summed E-state index contributed by atoms with van der Waals surface area (Å²) in [4.78, 5) is 33.8. The van der Waals surface area contributed by atoms with Crippen LogP contribution in [0.3, 0.4) is 0 Å². The van der Waals surface area contributed by atoms with Crippen LogP contribution in [-0.4, -0.2) is 67.1 Å². The monoisotopic (exact) mass is 494 g/mol. The Balaban J connectivity index is 0.000000967. The zero-order chi connectivity index (χ0) is 25.7. The fourth-order valence-corrected chi connectivity index (χ4v) is 4.69. The number of carbonyl (C=O) groups excluding carboxylic acids is 2. The van der Waals surface area contributed by atoms with E-state index in [9.17, 15) is 20.0 Å². The molecule has 0 bridgehead atoms. The molecule has 188 valence electrons. The summed E-state index contributed by atoms with van der Waals surface area (Å²) in [6.07, 6.45) is -0.334. The molecule has 2 amide bonds. The standard InChI is InChI=1S/C24H24N4O5.CH2O2/c25-9-16-3-1-2-15-6-14(7-18(15)16)10-26-11-20(29)22-12-28(24(31)33-22)17-4-5-21-19(8-17)27-23(30)13-32-21;2-1-3/h1-5,8,14,20,22,26,29H,6-7,10-13H2,(H,27,30);1H,(H,2,3)/t14?,20?,22-;/m0./s1. The van der Waals surface area contributed by atoms with Crippen molar-refractivity contribution in [1.29, 1.82) is 5.26 Å². The van der Waals surface area contributed by atoms with Crippen molar-refractivity contribution in [1.82, 2.24) is 5.32 Å². The third-order valence-corrected chi connectivity index (χ3v) is 6.35. The summed E-state index contributed by atoms with van der Waals surface area (Å²) in [5, 5.41) is 32.8. The van der Waals surface area contributed by atoms with Gasteiger partial charge in [0.2, 0.25) is 0 Å². The van der Waals surface area contributed by atoms with Gasteiger partial charge in [-0.2, -0.15) is 5.26 Å². The van der Waals surface area contributed by atoms with E-state index < -0.39 is 18.3 Å². The molecule has 2 unspecified atom stereocenters. The molecule has 11 heteroatoms. The molecule has 11 nitrogen and oxygen atoms in total. The van der Waals surface area contributed by atoms with Gasteiger partial charge in [-0.05, 0) is 60.7 Å². The van der Waals surface area contributed by atoms with E-state index in [-0.39, 0.29) is 32.1 Å². The summed E-state index contributed by atoms with van der Waals surface area (Å²) in [5.41, 5.74) is 4.14. The average Bonchev–Trinajstić information content (AvgIpc) is 3.47. The summed E-state index contributed by atoms with van der Waals surface area (Å²) >= 11 is 0. The third-order valence-electron chi connectivity index (χ3n) is 6.35. The topological polar surface area (TPSA) is 161 Å². The van der Waals surface area contributed by atoms with Gasteiger partial charge in [0, 0.05) is 12.2 Å². The molecule has 0 spiro atoms. The van der Waals surface area contributed by atoms with Crippen molar-refractivity contribution < 1.29 is 34.1 Å². The molecule has 0 saturated carbocycles. The van der Waals surface area contributed by atoms with E-state index in [0.29, 0.717) is 29.6 Å². The SMILES string of the molecule is N#Cc1cccc2c1CC(CNCC(O)[C@@H]1CN(c3ccc4c(c3)NC(=O)CO4)C(=O)O1)C2.O=CO. The Morgan fingerprint density at radius 2 is 2.08 bits per heavy atom. The summed E-state index contributed by atoms with van der Waals surface area (Å²) < 4.78 is 10.7. The van der Waals surface area contributed by atoms with E-state index in [0.717, 1.165) is 24.0 Å². The van der Waals surface area contributed by atoms with Crippen LogP contribution in [0, 0.1) is 17.2 Å². The first-order valence-electron chi connectivity index (χ1n) is 11.5. The Kier molecular flexibility index (Phi) is 7.68. The van der Waals surface area contributed by atoms with E-state index in [4.69, 9.17) is 19.4 Å². The zero-order valence-electron chi connectivity index (χ0n) is 19.3. The van der Waals surface area contributed by atoms with E-state index in [2.05, 4.69) is 22.8 Å². The summed E-state index contributed by atoms with van der Waals surface area (Å²) in [7, 11) is 0. The molecule has 36 heavy (non-hydrogen) atoms. The molecular weight excluding hydrogens is 468 g/mol. The van der Waals surface area contributed by atoms with Crippen molar-refractivity contribution in [2.45, 2.75) is 25.0 Å². The zero-order valence-corrected chi connectivity index (χ0v) is 19.3. The van der Waals surface area contributed by atoms with Crippen LogP contribution in [0.5, 0.6) is 5.75 Å². The Morgan fingerprint density at radius 1 is 1.28 bits per heavy atom. The number of aliphatic hydroxyl groups excluding tert-OH is 1. The second-order valence-electron chi connectivity index (χ2n) is 8.71. The number of carboxylic acid groups (broad SMARTS) is 1. The van der Waals surface area contributed by atoms with Gasteiger partial charge in [0.1, 0.15) is 18.0 Å². The van der Waals surface area contributed by atoms with Crippen molar-refractivity contribution in [2.75, 3.05) is 36.5 Å². The van der Waals surface area contributed by atoms with Gasteiger partial charge < -0.3 is 30.3 Å². The highest BCUT2D eigenvalue weighted by atomic mass is 16.6. The fraction of sp³-hybridized carbons (Fsp3) is 0.360. The number of nitrogens with one attached hydrogen (secondary N) is 2. The van der Waals surface area contributed by atoms with E-state index in [1.54, 1.807) is 18.2 Å². The maximum absolute atomic E-state index is 12.4. The van der Waals surface area contributed by atoms with Crippen LogP contribution >= 0.6 is 0 Å². The van der Waals surface area contributed by atoms with Gasteiger partial charge in [-0.15, -0.1) is 0 Å². The van der Waals surface area contributed by atoms with E-state index >= 15 is 0 Å². The van der Waals surface area contributed by atoms with Crippen molar-refractivity contribution >= 4 is 29.8 Å². The largest absolute Gasteiger partial charge is 0.483 e. The molecule has 3 atom stereocenters. The van der Waals surface area contributed by atoms with Crippen LogP contribution in [0.4, 0.5) is 16.2 Å². The number of carbonyl (C=O) groups is 3. The highest BCUT2D eigenvalue weighted by molar-refractivity contribution is 5.97. The number of rotatable bonds is 6. The Hall–Kier alpha value is -4.14. The van der Waals surface area contributed by atoms with Crippen molar-refractivity contribution in [3.05, 3.63) is 53.1 Å². The molecule has 0 radical (unpaired) electrons. The number of ether oxygens (including phenoxy) is 2. The molecule has 1 aliphatic carbocycles. The molecule has 2 aromatic carbocycles. The molecule has 4 N–H and O–H groups in total. The lowest BCUT2D eigenvalue weighted by molar-refractivity contribution is -0.123. The average molecular weight is 495 g/mol. The lowest BCUT2D eigenvalue weighted by atomic mass is 10.0. The van der Waals surface area contributed by atoms with Crippen LogP contribution in [0.2, 0.25) is 0 Å². The fourth-order valence-electron chi connectivity index (χ4n) is 4.69. The number of aliphatic hydroxyl groups is 1. The van der Waals surface area contributed by atoms with E-state index in [1.165, 1.54) is 10.5 Å². The Morgan fingerprint density at radius 3 is 2.86 bits per heavy atom. The minimum Gasteiger partial charge on any atom is -0.483 e. The summed E-state index contributed by atoms with van der Waals surface area (Å²) in [6, 6.07) is 13.2.